The lowest BCUT2D eigenvalue weighted by Gasteiger charge is -2.27. The van der Waals surface area contributed by atoms with E-state index in [9.17, 15) is 4.79 Å². The first-order chi connectivity index (χ1) is 8.51. The molecule has 1 aromatic rings. The van der Waals surface area contributed by atoms with Crippen molar-refractivity contribution in [2.24, 2.45) is 5.73 Å². The van der Waals surface area contributed by atoms with E-state index in [1.807, 2.05) is 24.3 Å². The van der Waals surface area contributed by atoms with Crippen LogP contribution < -0.4 is 5.73 Å². The summed E-state index contributed by atoms with van der Waals surface area (Å²) in [6.07, 6.45) is 0.594. The van der Waals surface area contributed by atoms with Gasteiger partial charge in [-0.05, 0) is 24.1 Å². The minimum Gasteiger partial charge on any atom is -0.379 e. The van der Waals surface area contributed by atoms with Crippen molar-refractivity contribution >= 4 is 21.8 Å². The normalized spacial score (nSPS) is 23.1. The first-order valence-electron chi connectivity index (χ1n) is 5.88. The fourth-order valence-corrected chi connectivity index (χ4v) is 2.33. The third kappa shape index (κ3) is 2.91. The highest BCUT2D eigenvalue weighted by Gasteiger charge is 2.40. The molecule has 98 valence electrons. The van der Waals surface area contributed by atoms with Crippen LogP contribution in [-0.2, 0) is 16.1 Å². The molecular weight excluding hydrogens is 296 g/mol. The molecule has 1 aliphatic rings. The number of nitrogens with zero attached hydrogens (tertiary/aromatic N) is 1. The number of rotatable bonds is 3. The second-order valence-corrected chi connectivity index (χ2v) is 5.66. The third-order valence-corrected chi connectivity index (χ3v) is 3.69. The summed E-state index contributed by atoms with van der Waals surface area (Å²) >= 11 is 3.39. The fourth-order valence-electron chi connectivity index (χ4n) is 2.07. The number of halogens is 1. The molecule has 1 heterocycles. The molecule has 1 fully saturated rings. The molecule has 0 aromatic heterocycles. The quantitative estimate of drug-likeness (QED) is 0.921. The lowest BCUT2D eigenvalue weighted by atomic mass is 9.98. The Labute approximate surface area is 115 Å². The van der Waals surface area contributed by atoms with Crippen LogP contribution in [0.3, 0.4) is 0 Å². The van der Waals surface area contributed by atoms with E-state index in [1.165, 1.54) is 0 Å². The van der Waals surface area contributed by atoms with Crippen molar-refractivity contribution in [1.82, 2.24) is 4.90 Å². The van der Waals surface area contributed by atoms with Gasteiger partial charge in [0.05, 0.1) is 6.61 Å². The van der Waals surface area contributed by atoms with E-state index in [0.717, 1.165) is 10.0 Å². The summed E-state index contributed by atoms with van der Waals surface area (Å²) in [5.41, 5.74) is 6.29. The maximum atomic E-state index is 12.3. The smallest absolute Gasteiger partial charge is 0.245 e. The largest absolute Gasteiger partial charge is 0.379 e. The molecular formula is C13H17BrN2O2. The topological polar surface area (TPSA) is 55.6 Å². The zero-order valence-corrected chi connectivity index (χ0v) is 11.9. The van der Waals surface area contributed by atoms with Crippen LogP contribution in [0, 0.1) is 0 Å². The molecule has 1 unspecified atom stereocenters. The molecule has 1 aliphatic heterocycles. The van der Waals surface area contributed by atoms with Crippen LogP contribution in [0.2, 0.25) is 0 Å². The number of carbonyl (C=O) groups is 1. The van der Waals surface area contributed by atoms with Gasteiger partial charge in [0.15, 0.2) is 0 Å². The number of hydrogen-bond donors (Lipinski definition) is 1. The van der Waals surface area contributed by atoms with E-state index in [0.29, 0.717) is 26.2 Å². The second-order valence-electron chi connectivity index (χ2n) is 4.75. The summed E-state index contributed by atoms with van der Waals surface area (Å²) in [6.45, 7) is 1.44. The predicted molar refractivity (Wildman–Crippen MR) is 73.0 cm³/mol. The zero-order valence-electron chi connectivity index (χ0n) is 10.4. The van der Waals surface area contributed by atoms with Gasteiger partial charge >= 0.3 is 0 Å². The van der Waals surface area contributed by atoms with Crippen molar-refractivity contribution in [3.8, 4) is 0 Å². The number of amides is 1. The predicted octanol–water partition coefficient (Wildman–Crippen LogP) is 1.53. The number of hydrogen-bond acceptors (Lipinski definition) is 3. The third-order valence-electron chi connectivity index (χ3n) is 3.16. The minimum absolute atomic E-state index is 0.0529. The van der Waals surface area contributed by atoms with Crippen LogP contribution in [0.4, 0.5) is 0 Å². The molecule has 0 bridgehead atoms. The van der Waals surface area contributed by atoms with Crippen LogP contribution in [0.1, 0.15) is 12.0 Å². The van der Waals surface area contributed by atoms with Crippen LogP contribution in [-0.4, -0.2) is 36.6 Å². The Morgan fingerprint density at radius 3 is 2.72 bits per heavy atom. The van der Waals surface area contributed by atoms with Crippen LogP contribution in [0.15, 0.2) is 28.7 Å². The van der Waals surface area contributed by atoms with Gasteiger partial charge in [0.25, 0.3) is 0 Å². The SMILES string of the molecule is CN(Cc1ccc(Br)cc1)C(=O)C1(N)CCOC1. The Morgan fingerprint density at radius 1 is 1.50 bits per heavy atom. The summed E-state index contributed by atoms with van der Waals surface area (Å²) in [5.74, 6) is -0.0529. The van der Waals surface area contributed by atoms with Gasteiger partial charge in [0, 0.05) is 24.7 Å². The Balaban J connectivity index is 2.01. The van der Waals surface area contributed by atoms with Crippen molar-refractivity contribution < 1.29 is 9.53 Å². The average molecular weight is 313 g/mol. The van der Waals surface area contributed by atoms with Gasteiger partial charge in [-0.25, -0.2) is 0 Å². The highest BCUT2D eigenvalue weighted by molar-refractivity contribution is 9.10. The fraction of sp³-hybridized carbons (Fsp3) is 0.462. The molecule has 0 spiro atoms. The number of likely N-dealkylation sites (N-methyl/N-ethyl adjacent to an activating group) is 1. The molecule has 0 aliphatic carbocycles. The first-order valence-corrected chi connectivity index (χ1v) is 6.67. The van der Waals surface area contributed by atoms with E-state index in [-0.39, 0.29) is 5.91 Å². The number of ether oxygens (including phenoxy) is 1. The summed E-state index contributed by atoms with van der Waals surface area (Å²) < 4.78 is 6.25. The van der Waals surface area contributed by atoms with Gasteiger partial charge in [-0.1, -0.05) is 28.1 Å². The van der Waals surface area contributed by atoms with Gasteiger partial charge in [-0.3, -0.25) is 4.79 Å². The molecule has 2 rings (SSSR count). The van der Waals surface area contributed by atoms with Crippen molar-refractivity contribution in [2.45, 2.75) is 18.5 Å². The molecule has 0 radical (unpaired) electrons. The second kappa shape index (κ2) is 5.38. The molecule has 5 heteroatoms. The minimum atomic E-state index is -0.843. The lowest BCUT2D eigenvalue weighted by Crippen LogP contribution is -2.54. The highest BCUT2D eigenvalue weighted by Crippen LogP contribution is 2.19. The van der Waals surface area contributed by atoms with Crippen molar-refractivity contribution in [3.63, 3.8) is 0 Å². The van der Waals surface area contributed by atoms with E-state index in [1.54, 1.807) is 11.9 Å². The average Bonchev–Trinajstić information content (AvgIpc) is 2.79. The Hall–Kier alpha value is -0.910. The molecule has 0 saturated carbocycles. The summed E-state index contributed by atoms with van der Waals surface area (Å²) in [6, 6.07) is 7.90. The van der Waals surface area contributed by atoms with Gasteiger partial charge in [-0.2, -0.15) is 0 Å². The van der Waals surface area contributed by atoms with Gasteiger partial charge < -0.3 is 15.4 Å². The summed E-state index contributed by atoms with van der Waals surface area (Å²) in [7, 11) is 1.78. The van der Waals surface area contributed by atoms with Crippen LogP contribution in [0.25, 0.3) is 0 Å². The van der Waals surface area contributed by atoms with E-state index >= 15 is 0 Å². The van der Waals surface area contributed by atoms with E-state index in [4.69, 9.17) is 10.5 Å². The van der Waals surface area contributed by atoms with Gasteiger partial charge in [-0.15, -0.1) is 0 Å². The Bertz CT molecular complexity index is 427. The molecule has 2 N–H and O–H groups in total. The number of benzene rings is 1. The van der Waals surface area contributed by atoms with Crippen molar-refractivity contribution in [2.75, 3.05) is 20.3 Å². The van der Waals surface area contributed by atoms with Crippen LogP contribution >= 0.6 is 15.9 Å². The molecule has 1 amide bonds. The molecule has 1 saturated heterocycles. The van der Waals surface area contributed by atoms with Crippen molar-refractivity contribution in [1.29, 1.82) is 0 Å². The van der Waals surface area contributed by atoms with E-state index < -0.39 is 5.54 Å². The standard InChI is InChI=1S/C13H17BrN2O2/c1-16(8-10-2-4-11(14)5-3-10)12(17)13(15)6-7-18-9-13/h2-5H,6-9,15H2,1H3. The van der Waals surface area contributed by atoms with E-state index in [2.05, 4.69) is 15.9 Å². The van der Waals surface area contributed by atoms with Gasteiger partial charge in [0.2, 0.25) is 5.91 Å². The Morgan fingerprint density at radius 2 is 2.17 bits per heavy atom. The maximum absolute atomic E-state index is 12.3. The van der Waals surface area contributed by atoms with Crippen LogP contribution in [0.5, 0.6) is 0 Å². The highest BCUT2D eigenvalue weighted by atomic mass is 79.9. The molecule has 1 aromatic carbocycles. The Kier molecular flexibility index (Phi) is 4.04. The lowest BCUT2D eigenvalue weighted by molar-refractivity contribution is -0.136. The number of carbonyl (C=O) groups excluding carboxylic acids is 1. The molecule has 18 heavy (non-hydrogen) atoms. The first kappa shape index (κ1) is 13.5. The van der Waals surface area contributed by atoms with Crippen molar-refractivity contribution in [3.05, 3.63) is 34.3 Å². The molecule has 1 atom stereocenters. The summed E-state index contributed by atoms with van der Waals surface area (Å²) in [5, 5.41) is 0. The summed E-state index contributed by atoms with van der Waals surface area (Å²) in [4.78, 5) is 13.9. The molecule has 4 nitrogen and oxygen atoms in total. The maximum Gasteiger partial charge on any atom is 0.245 e. The van der Waals surface area contributed by atoms with Gasteiger partial charge in [0.1, 0.15) is 5.54 Å². The zero-order chi connectivity index (χ0) is 13.2. The monoisotopic (exact) mass is 312 g/mol. The number of nitrogens with two attached hydrogens (primary N) is 1.